The molecule has 2 amide bonds. The Balaban J connectivity index is 2.18. The minimum atomic E-state index is -0.570. The molecule has 1 rings (SSSR count). The lowest BCUT2D eigenvalue weighted by Crippen LogP contribution is -2.46. The highest BCUT2D eigenvalue weighted by atomic mass is 16.6. The van der Waals surface area contributed by atoms with E-state index in [0.717, 1.165) is 12.3 Å². The predicted molar refractivity (Wildman–Crippen MR) is 69.2 cm³/mol. The molecule has 0 heterocycles. The van der Waals surface area contributed by atoms with Crippen molar-refractivity contribution < 1.29 is 14.3 Å². The summed E-state index contributed by atoms with van der Waals surface area (Å²) in [5, 5.41) is 5.33. The van der Waals surface area contributed by atoms with Crippen molar-refractivity contribution in [1.29, 1.82) is 0 Å². The van der Waals surface area contributed by atoms with E-state index >= 15 is 0 Å². The zero-order valence-electron chi connectivity index (χ0n) is 11.7. The number of nitrogens with one attached hydrogen (secondary N) is 2. The number of hydrogen-bond donors (Lipinski definition) is 2. The first-order valence-corrected chi connectivity index (χ1v) is 6.55. The number of alkyl carbamates (subject to hydrolysis) is 1. The lowest BCUT2D eigenvalue weighted by atomic mass is 10.2. The first kappa shape index (κ1) is 14.8. The molecule has 18 heavy (non-hydrogen) atoms. The summed E-state index contributed by atoms with van der Waals surface area (Å²) in [5.74, 6) is 0.626. The van der Waals surface area contributed by atoms with Gasteiger partial charge in [0.25, 0.3) is 0 Å². The van der Waals surface area contributed by atoms with Crippen LogP contribution in [0.4, 0.5) is 4.79 Å². The summed E-state index contributed by atoms with van der Waals surface area (Å²) in [6.07, 6.45) is 3.03. The number of ether oxygens (including phenoxy) is 1. The predicted octanol–water partition coefficient (Wildman–Crippen LogP) is 1.82. The van der Waals surface area contributed by atoms with Gasteiger partial charge in [0.15, 0.2) is 0 Å². The van der Waals surface area contributed by atoms with E-state index in [1.54, 1.807) is 27.7 Å². The van der Waals surface area contributed by atoms with Gasteiger partial charge in [0.2, 0.25) is 5.91 Å². The summed E-state index contributed by atoms with van der Waals surface area (Å²) in [6, 6.07) is -0.570. The van der Waals surface area contributed by atoms with Crippen LogP contribution in [-0.4, -0.2) is 30.2 Å². The number of rotatable bonds is 5. The van der Waals surface area contributed by atoms with Gasteiger partial charge in [-0.15, -0.1) is 0 Å². The van der Waals surface area contributed by atoms with E-state index in [0.29, 0.717) is 6.54 Å². The van der Waals surface area contributed by atoms with Gasteiger partial charge in [0, 0.05) is 6.54 Å². The van der Waals surface area contributed by atoms with Gasteiger partial charge in [-0.25, -0.2) is 4.79 Å². The third-order valence-corrected chi connectivity index (χ3v) is 2.68. The number of amides is 2. The van der Waals surface area contributed by atoms with E-state index in [9.17, 15) is 9.59 Å². The molecule has 2 N–H and O–H groups in total. The second-order valence-electron chi connectivity index (χ2n) is 5.89. The normalized spacial score (nSPS) is 16.9. The maximum absolute atomic E-state index is 11.7. The molecule has 1 aliphatic carbocycles. The molecule has 1 fully saturated rings. The highest BCUT2D eigenvalue weighted by molar-refractivity contribution is 5.85. The summed E-state index contributed by atoms with van der Waals surface area (Å²) < 4.78 is 5.08. The molecule has 0 saturated heterocycles. The molecule has 0 unspecified atom stereocenters. The van der Waals surface area contributed by atoms with Crippen LogP contribution >= 0.6 is 0 Å². The van der Waals surface area contributed by atoms with Gasteiger partial charge < -0.3 is 15.4 Å². The monoisotopic (exact) mass is 256 g/mol. The fourth-order valence-electron chi connectivity index (χ4n) is 1.51. The van der Waals surface area contributed by atoms with Gasteiger partial charge in [-0.1, -0.05) is 12.8 Å². The third kappa shape index (κ3) is 6.47. The Morgan fingerprint density at radius 2 is 1.94 bits per heavy atom. The summed E-state index contributed by atoms with van der Waals surface area (Å²) in [7, 11) is 0. The Labute approximate surface area is 109 Å². The maximum Gasteiger partial charge on any atom is 0.408 e. The number of carbonyl (C=O) groups excluding carboxylic acids is 2. The Bertz CT molecular complexity index is 306. The molecule has 5 nitrogen and oxygen atoms in total. The van der Waals surface area contributed by atoms with Crippen molar-refractivity contribution in [1.82, 2.24) is 10.6 Å². The van der Waals surface area contributed by atoms with Crippen molar-refractivity contribution in [2.24, 2.45) is 5.92 Å². The fourth-order valence-corrected chi connectivity index (χ4v) is 1.51. The highest BCUT2D eigenvalue weighted by Crippen LogP contribution is 2.31. The van der Waals surface area contributed by atoms with Gasteiger partial charge in [-0.05, 0) is 40.0 Å². The van der Waals surface area contributed by atoms with Crippen LogP contribution < -0.4 is 10.6 Å². The second-order valence-corrected chi connectivity index (χ2v) is 5.89. The molecule has 0 spiro atoms. The molecular weight excluding hydrogens is 232 g/mol. The SMILES string of the molecule is C[C@@H](NC(=O)OC(C)(C)C)C(=O)NCCC1CC1. The minimum Gasteiger partial charge on any atom is -0.444 e. The van der Waals surface area contributed by atoms with Crippen LogP contribution in [-0.2, 0) is 9.53 Å². The number of carbonyl (C=O) groups is 2. The van der Waals surface area contributed by atoms with Crippen LogP contribution in [0, 0.1) is 5.92 Å². The minimum absolute atomic E-state index is 0.165. The fraction of sp³-hybridized carbons (Fsp3) is 0.846. The van der Waals surface area contributed by atoms with Gasteiger partial charge in [0.1, 0.15) is 11.6 Å². The maximum atomic E-state index is 11.7. The van der Waals surface area contributed by atoms with Gasteiger partial charge in [-0.2, -0.15) is 0 Å². The first-order valence-electron chi connectivity index (χ1n) is 6.55. The molecule has 104 valence electrons. The highest BCUT2D eigenvalue weighted by Gasteiger charge is 2.23. The summed E-state index contributed by atoms with van der Waals surface area (Å²) in [4.78, 5) is 23.1. The van der Waals surface area contributed by atoms with Gasteiger partial charge in [0.05, 0.1) is 0 Å². The molecule has 1 saturated carbocycles. The van der Waals surface area contributed by atoms with Crippen LogP contribution in [0.25, 0.3) is 0 Å². The van der Waals surface area contributed by atoms with Crippen molar-refractivity contribution in [2.75, 3.05) is 6.54 Å². The Kier molecular flexibility index (Phi) is 4.99. The summed E-state index contributed by atoms with van der Waals surface area (Å²) in [6.45, 7) is 7.69. The van der Waals surface area contributed by atoms with Crippen molar-refractivity contribution >= 4 is 12.0 Å². The van der Waals surface area contributed by atoms with Crippen LogP contribution in [0.3, 0.4) is 0 Å². The molecule has 1 aliphatic rings. The molecule has 0 radical (unpaired) electrons. The Hall–Kier alpha value is -1.26. The van der Waals surface area contributed by atoms with E-state index < -0.39 is 17.7 Å². The molecule has 0 aromatic carbocycles. The average molecular weight is 256 g/mol. The number of hydrogen-bond acceptors (Lipinski definition) is 3. The smallest absolute Gasteiger partial charge is 0.408 e. The van der Waals surface area contributed by atoms with Crippen molar-refractivity contribution in [3.05, 3.63) is 0 Å². The molecule has 0 aromatic heterocycles. The van der Waals surface area contributed by atoms with Crippen LogP contribution in [0.15, 0.2) is 0 Å². The summed E-state index contributed by atoms with van der Waals surface area (Å²) >= 11 is 0. The van der Waals surface area contributed by atoms with E-state index in [4.69, 9.17) is 4.74 Å². The zero-order chi connectivity index (χ0) is 13.8. The van der Waals surface area contributed by atoms with Crippen molar-refractivity contribution in [2.45, 2.75) is 58.6 Å². The first-order chi connectivity index (χ1) is 8.28. The molecular formula is C13H24N2O3. The van der Waals surface area contributed by atoms with Crippen LogP contribution in [0.2, 0.25) is 0 Å². The van der Waals surface area contributed by atoms with Gasteiger partial charge >= 0.3 is 6.09 Å². The quantitative estimate of drug-likeness (QED) is 0.788. The molecule has 1 atom stereocenters. The van der Waals surface area contributed by atoms with Crippen LogP contribution in [0.5, 0.6) is 0 Å². The standard InChI is InChI=1S/C13H24N2O3/c1-9(15-12(17)18-13(2,3)4)11(16)14-8-7-10-5-6-10/h9-10H,5-8H2,1-4H3,(H,14,16)(H,15,17)/t9-/m1/s1. The second kappa shape index (κ2) is 6.07. The van der Waals surface area contributed by atoms with Crippen molar-refractivity contribution in [3.63, 3.8) is 0 Å². The van der Waals surface area contributed by atoms with E-state index in [-0.39, 0.29) is 5.91 Å². The third-order valence-electron chi connectivity index (χ3n) is 2.68. The van der Waals surface area contributed by atoms with E-state index in [1.165, 1.54) is 12.8 Å². The lowest BCUT2D eigenvalue weighted by molar-refractivity contribution is -0.122. The topological polar surface area (TPSA) is 67.4 Å². The molecule has 0 bridgehead atoms. The molecule has 5 heteroatoms. The van der Waals surface area contributed by atoms with E-state index in [1.807, 2.05) is 0 Å². The Morgan fingerprint density at radius 3 is 2.44 bits per heavy atom. The molecule has 0 aromatic rings. The van der Waals surface area contributed by atoms with Crippen LogP contribution in [0.1, 0.15) is 47.0 Å². The zero-order valence-corrected chi connectivity index (χ0v) is 11.7. The lowest BCUT2D eigenvalue weighted by Gasteiger charge is -2.21. The van der Waals surface area contributed by atoms with Crippen molar-refractivity contribution in [3.8, 4) is 0 Å². The van der Waals surface area contributed by atoms with Gasteiger partial charge in [-0.3, -0.25) is 4.79 Å². The summed E-state index contributed by atoms with van der Waals surface area (Å²) in [5.41, 5.74) is -0.549. The Morgan fingerprint density at radius 1 is 1.33 bits per heavy atom. The largest absolute Gasteiger partial charge is 0.444 e. The average Bonchev–Trinajstić information content (AvgIpc) is 2.98. The molecule has 0 aliphatic heterocycles. The van der Waals surface area contributed by atoms with E-state index in [2.05, 4.69) is 10.6 Å².